The first-order valence-electron chi connectivity index (χ1n) is 10.7. The van der Waals surface area contributed by atoms with Gasteiger partial charge in [-0.3, -0.25) is 19.4 Å². The topological polar surface area (TPSA) is 104 Å². The van der Waals surface area contributed by atoms with E-state index in [1.807, 2.05) is 26.8 Å². The largest absolute Gasteiger partial charge is 0.373 e. The predicted molar refractivity (Wildman–Crippen MR) is 116 cm³/mol. The average molecular weight is 427 g/mol. The summed E-state index contributed by atoms with van der Waals surface area (Å²) in [6.07, 6.45) is 2.78. The van der Waals surface area contributed by atoms with Crippen molar-refractivity contribution in [2.24, 2.45) is 0 Å². The van der Waals surface area contributed by atoms with Crippen molar-refractivity contribution in [2.45, 2.75) is 46.6 Å². The standard InChI is InChI=1S/C23H30N4O4/c1-5-6-18-20(16(4)28)15(3)26-21(18)23(30)27-9-10-31-17(13-27)12-25-22(29)19-11-14(2)7-8-24-19/h7-8,11,17,26H,5-6,9-10,12-13H2,1-4H3,(H,25,29). The molecule has 1 atom stereocenters. The van der Waals surface area contributed by atoms with E-state index in [1.165, 1.54) is 6.92 Å². The number of nitrogens with one attached hydrogen (secondary N) is 2. The Bertz CT molecular complexity index is 982. The second kappa shape index (κ2) is 9.87. The number of hydrogen-bond donors (Lipinski definition) is 2. The third-order valence-electron chi connectivity index (χ3n) is 5.42. The van der Waals surface area contributed by atoms with Gasteiger partial charge in [0.15, 0.2) is 5.78 Å². The van der Waals surface area contributed by atoms with Crippen molar-refractivity contribution in [1.29, 1.82) is 0 Å². The van der Waals surface area contributed by atoms with Gasteiger partial charge in [-0.2, -0.15) is 0 Å². The molecule has 0 bridgehead atoms. The molecule has 0 saturated carbocycles. The summed E-state index contributed by atoms with van der Waals surface area (Å²) >= 11 is 0. The van der Waals surface area contributed by atoms with Crippen LogP contribution in [-0.4, -0.2) is 64.8 Å². The Morgan fingerprint density at radius 3 is 2.77 bits per heavy atom. The number of Topliss-reactive ketones (excluding diaryl/α,β-unsaturated/α-hetero) is 1. The van der Waals surface area contributed by atoms with E-state index in [1.54, 1.807) is 17.2 Å². The average Bonchev–Trinajstić information content (AvgIpc) is 3.08. The van der Waals surface area contributed by atoms with Crippen LogP contribution in [-0.2, 0) is 11.2 Å². The quantitative estimate of drug-likeness (QED) is 0.662. The van der Waals surface area contributed by atoms with Crippen LogP contribution >= 0.6 is 0 Å². The number of aromatic nitrogens is 2. The SMILES string of the molecule is CCCc1c(C(=O)N2CCOC(CNC(=O)c3cc(C)ccn3)C2)[nH]c(C)c1C(C)=O. The Labute approximate surface area is 182 Å². The van der Waals surface area contributed by atoms with E-state index < -0.39 is 0 Å². The van der Waals surface area contributed by atoms with E-state index in [0.717, 1.165) is 23.2 Å². The molecule has 8 nitrogen and oxygen atoms in total. The first-order valence-corrected chi connectivity index (χ1v) is 10.7. The molecule has 1 saturated heterocycles. The molecule has 1 unspecified atom stereocenters. The molecular weight excluding hydrogens is 396 g/mol. The first kappa shape index (κ1) is 22.7. The number of pyridine rings is 1. The smallest absolute Gasteiger partial charge is 0.270 e. The molecule has 8 heteroatoms. The maximum atomic E-state index is 13.3. The lowest BCUT2D eigenvalue weighted by Crippen LogP contribution is -2.49. The number of aromatic amines is 1. The maximum Gasteiger partial charge on any atom is 0.270 e. The molecule has 0 spiro atoms. The number of H-pyrrole nitrogens is 1. The second-order valence-electron chi connectivity index (χ2n) is 7.96. The van der Waals surface area contributed by atoms with Gasteiger partial charge in [0.1, 0.15) is 11.4 Å². The van der Waals surface area contributed by atoms with Gasteiger partial charge in [-0.05, 0) is 50.5 Å². The molecule has 1 fully saturated rings. The highest BCUT2D eigenvalue weighted by atomic mass is 16.5. The minimum Gasteiger partial charge on any atom is -0.373 e. The van der Waals surface area contributed by atoms with Crippen LogP contribution in [0.2, 0.25) is 0 Å². The summed E-state index contributed by atoms with van der Waals surface area (Å²) in [6.45, 7) is 8.76. The predicted octanol–water partition coefficient (Wildman–Crippen LogP) is 2.45. The number of carbonyl (C=O) groups is 3. The fourth-order valence-corrected chi connectivity index (χ4v) is 3.98. The molecule has 2 aromatic rings. The van der Waals surface area contributed by atoms with Crippen molar-refractivity contribution in [2.75, 3.05) is 26.2 Å². The molecule has 2 amide bonds. The lowest BCUT2D eigenvalue weighted by atomic mass is 10.0. The van der Waals surface area contributed by atoms with Gasteiger partial charge in [-0.15, -0.1) is 0 Å². The Morgan fingerprint density at radius 2 is 2.10 bits per heavy atom. The van der Waals surface area contributed by atoms with Crippen LogP contribution in [0.25, 0.3) is 0 Å². The number of hydrogen-bond acceptors (Lipinski definition) is 5. The molecule has 166 valence electrons. The van der Waals surface area contributed by atoms with Crippen molar-refractivity contribution in [1.82, 2.24) is 20.2 Å². The molecule has 2 aromatic heterocycles. The van der Waals surface area contributed by atoms with E-state index in [4.69, 9.17) is 4.74 Å². The van der Waals surface area contributed by atoms with Crippen LogP contribution in [0.5, 0.6) is 0 Å². The van der Waals surface area contributed by atoms with Gasteiger partial charge in [0.2, 0.25) is 0 Å². The highest BCUT2D eigenvalue weighted by Crippen LogP contribution is 2.23. The Balaban J connectivity index is 1.68. The van der Waals surface area contributed by atoms with E-state index in [2.05, 4.69) is 15.3 Å². The molecule has 1 aliphatic rings. The summed E-state index contributed by atoms with van der Waals surface area (Å²) < 4.78 is 5.76. The number of nitrogens with zero attached hydrogens (tertiary/aromatic N) is 2. The molecule has 0 radical (unpaired) electrons. The number of amides is 2. The van der Waals surface area contributed by atoms with E-state index in [-0.39, 0.29) is 30.2 Å². The number of aryl methyl sites for hydroxylation is 2. The molecule has 31 heavy (non-hydrogen) atoms. The Morgan fingerprint density at radius 1 is 1.32 bits per heavy atom. The molecule has 0 aliphatic carbocycles. The maximum absolute atomic E-state index is 13.3. The summed E-state index contributed by atoms with van der Waals surface area (Å²) in [6, 6.07) is 3.56. The van der Waals surface area contributed by atoms with Crippen molar-refractivity contribution < 1.29 is 19.1 Å². The van der Waals surface area contributed by atoms with Gasteiger partial charge in [0.25, 0.3) is 11.8 Å². The summed E-state index contributed by atoms with van der Waals surface area (Å²) in [5, 5.41) is 2.84. The normalized spacial score (nSPS) is 16.3. The van der Waals surface area contributed by atoms with Crippen LogP contribution in [0.4, 0.5) is 0 Å². The fraction of sp³-hybridized carbons (Fsp3) is 0.478. The monoisotopic (exact) mass is 426 g/mol. The third kappa shape index (κ3) is 5.19. The highest BCUT2D eigenvalue weighted by molar-refractivity contribution is 6.02. The van der Waals surface area contributed by atoms with Gasteiger partial charge >= 0.3 is 0 Å². The van der Waals surface area contributed by atoms with Gasteiger partial charge in [0.05, 0.1) is 12.7 Å². The van der Waals surface area contributed by atoms with Gasteiger partial charge in [-0.25, -0.2) is 0 Å². The number of ketones is 1. The fourth-order valence-electron chi connectivity index (χ4n) is 3.98. The van der Waals surface area contributed by atoms with Crippen molar-refractivity contribution in [3.63, 3.8) is 0 Å². The van der Waals surface area contributed by atoms with Crippen LogP contribution in [0.3, 0.4) is 0 Å². The molecule has 1 aliphatic heterocycles. The Kier molecular flexibility index (Phi) is 7.22. The van der Waals surface area contributed by atoms with Crippen molar-refractivity contribution in [3.8, 4) is 0 Å². The summed E-state index contributed by atoms with van der Waals surface area (Å²) in [5.74, 6) is -0.449. The summed E-state index contributed by atoms with van der Waals surface area (Å²) in [5.41, 5.74) is 3.93. The number of rotatable bonds is 7. The molecule has 0 aromatic carbocycles. The van der Waals surface area contributed by atoms with Gasteiger partial charge in [-0.1, -0.05) is 13.3 Å². The second-order valence-corrected chi connectivity index (χ2v) is 7.96. The van der Waals surface area contributed by atoms with Crippen LogP contribution in [0, 0.1) is 13.8 Å². The van der Waals surface area contributed by atoms with Crippen molar-refractivity contribution in [3.05, 3.63) is 52.1 Å². The molecular formula is C23H30N4O4. The van der Waals surface area contributed by atoms with Crippen LogP contribution < -0.4 is 5.32 Å². The van der Waals surface area contributed by atoms with E-state index in [0.29, 0.717) is 43.1 Å². The number of carbonyl (C=O) groups excluding carboxylic acids is 3. The van der Waals surface area contributed by atoms with Crippen molar-refractivity contribution >= 4 is 17.6 Å². The molecule has 2 N–H and O–H groups in total. The number of morpholine rings is 1. The zero-order chi connectivity index (χ0) is 22.5. The first-order chi connectivity index (χ1) is 14.8. The molecule has 3 rings (SSSR count). The minimum absolute atomic E-state index is 0.0384. The van der Waals surface area contributed by atoms with Gasteiger partial charge < -0.3 is 19.9 Å². The summed E-state index contributed by atoms with van der Waals surface area (Å²) in [7, 11) is 0. The summed E-state index contributed by atoms with van der Waals surface area (Å²) in [4.78, 5) is 46.7. The highest BCUT2D eigenvalue weighted by Gasteiger charge is 2.30. The molecule has 3 heterocycles. The van der Waals surface area contributed by atoms with E-state index >= 15 is 0 Å². The zero-order valence-corrected chi connectivity index (χ0v) is 18.6. The third-order valence-corrected chi connectivity index (χ3v) is 5.42. The van der Waals surface area contributed by atoms with Crippen LogP contribution in [0.1, 0.15) is 68.4 Å². The van der Waals surface area contributed by atoms with Gasteiger partial charge in [0, 0.05) is 37.1 Å². The Hall–Kier alpha value is -3.00. The minimum atomic E-state index is -0.315. The lowest BCUT2D eigenvalue weighted by Gasteiger charge is -2.33. The number of ether oxygens (including phenoxy) is 1. The lowest BCUT2D eigenvalue weighted by molar-refractivity contribution is -0.0199. The zero-order valence-electron chi connectivity index (χ0n) is 18.6. The van der Waals surface area contributed by atoms with E-state index in [9.17, 15) is 14.4 Å². The van der Waals surface area contributed by atoms with Crippen LogP contribution in [0.15, 0.2) is 18.3 Å².